The Bertz CT molecular complexity index is 665. The van der Waals surface area contributed by atoms with Gasteiger partial charge in [-0.25, -0.2) is 13.6 Å². The van der Waals surface area contributed by atoms with E-state index in [0.717, 1.165) is 12.1 Å². The number of halogens is 2. The van der Waals surface area contributed by atoms with E-state index >= 15 is 0 Å². The van der Waals surface area contributed by atoms with Crippen LogP contribution in [0.25, 0.3) is 0 Å². The monoisotopic (exact) mass is 340 g/mol. The van der Waals surface area contributed by atoms with E-state index in [1.54, 1.807) is 0 Å². The van der Waals surface area contributed by atoms with Gasteiger partial charge >= 0.3 is 5.97 Å². The molecule has 0 aliphatic carbocycles. The summed E-state index contributed by atoms with van der Waals surface area (Å²) in [5.74, 6) is -3.69. The quantitative estimate of drug-likeness (QED) is 0.849. The lowest BCUT2D eigenvalue weighted by atomic mass is 10.2. The van der Waals surface area contributed by atoms with E-state index in [9.17, 15) is 23.2 Å². The third-order valence-electron chi connectivity index (χ3n) is 3.78. The molecule has 0 radical (unpaired) electrons. The summed E-state index contributed by atoms with van der Waals surface area (Å²) in [6.07, 6.45) is 0.0325. The second-order valence-electron chi connectivity index (χ2n) is 5.57. The van der Waals surface area contributed by atoms with Gasteiger partial charge in [-0.15, -0.1) is 0 Å². The molecule has 1 aromatic carbocycles. The number of ether oxygens (including phenoxy) is 1. The van der Waals surface area contributed by atoms with Gasteiger partial charge in [0.2, 0.25) is 5.91 Å². The second kappa shape index (κ2) is 7.37. The SMILES string of the molecule is CC(=O)N1CCC[C@@H]1C(=O)O[C@@H](C)C(=O)Nc1ccc(F)c(F)c1. The summed E-state index contributed by atoms with van der Waals surface area (Å²) < 4.78 is 31.1. The Morgan fingerprint density at radius 3 is 2.62 bits per heavy atom. The third-order valence-corrected chi connectivity index (χ3v) is 3.78. The van der Waals surface area contributed by atoms with Crippen LogP contribution in [0, 0.1) is 11.6 Å². The van der Waals surface area contributed by atoms with Gasteiger partial charge < -0.3 is 15.0 Å². The van der Waals surface area contributed by atoms with Crippen LogP contribution < -0.4 is 5.32 Å². The number of rotatable bonds is 4. The summed E-state index contributed by atoms with van der Waals surface area (Å²) in [6.45, 7) is 3.20. The highest BCUT2D eigenvalue weighted by Gasteiger charge is 2.35. The van der Waals surface area contributed by atoms with E-state index in [0.29, 0.717) is 19.4 Å². The molecular weight excluding hydrogens is 322 g/mol. The number of amides is 2. The highest BCUT2D eigenvalue weighted by atomic mass is 19.2. The maximum absolute atomic E-state index is 13.1. The minimum absolute atomic E-state index is 0.0491. The lowest BCUT2D eigenvalue weighted by Gasteiger charge is -2.23. The van der Waals surface area contributed by atoms with Crippen LogP contribution in [0.1, 0.15) is 26.7 Å². The molecule has 0 bridgehead atoms. The fraction of sp³-hybridized carbons (Fsp3) is 0.438. The number of carbonyl (C=O) groups excluding carboxylic acids is 3. The number of nitrogens with one attached hydrogen (secondary N) is 1. The van der Waals surface area contributed by atoms with Crippen molar-refractivity contribution in [2.45, 2.75) is 38.8 Å². The molecule has 1 heterocycles. The van der Waals surface area contributed by atoms with E-state index in [4.69, 9.17) is 4.74 Å². The number of likely N-dealkylation sites (tertiary alicyclic amines) is 1. The van der Waals surface area contributed by atoms with E-state index in [1.165, 1.54) is 24.8 Å². The van der Waals surface area contributed by atoms with Crippen LogP contribution in [-0.4, -0.2) is 41.4 Å². The maximum atomic E-state index is 13.1. The van der Waals surface area contributed by atoms with Crippen molar-refractivity contribution in [3.05, 3.63) is 29.8 Å². The number of benzene rings is 1. The summed E-state index contributed by atoms with van der Waals surface area (Å²) in [7, 11) is 0. The molecule has 2 rings (SSSR count). The van der Waals surface area contributed by atoms with Crippen LogP contribution in [0.4, 0.5) is 14.5 Å². The number of anilines is 1. The molecule has 0 unspecified atom stereocenters. The van der Waals surface area contributed by atoms with E-state index < -0.39 is 35.7 Å². The number of nitrogens with zero attached hydrogens (tertiary/aromatic N) is 1. The van der Waals surface area contributed by atoms with Crippen LogP contribution in [0.15, 0.2) is 18.2 Å². The Labute approximate surface area is 137 Å². The predicted octanol–water partition coefficient (Wildman–Crippen LogP) is 1.85. The van der Waals surface area contributed by atoms with Crippen molar-refractivity contribution in [1.82, 2.24) is 4.90 Å². The smallest absolute Gasteiger partial charge is 0.329 e. The van der Waals surface area contributed by atoms with Gasteiger partial charge in [-0.3, -0.25) is 9.59 Å². The number of hydrogen-bond donors (Lipinski definition) is 1. The van der Waals surface area contributed by atoms with Crippen molar-refractivity contribution >= 4 is 23.5 Å². The van der Waals surface area contributed by atoms with E-state index in [-0.39, 0.29) is 11.6 Å². The second-order valence-corrected chi connectivity index (χ2v) is 5.57. The summed E-state index contributed by atoms with van der Waals surface area (Å²) >= 11 is 0. The van der Waals surface area contributed by atoms with Crippen molar-refractivity contribution in [2.24, 2.45) is 0 Å². The third kappa shape index (κ3) is 4.06. The van der Waals surface area contributed by atoms with Crippen molar-refractivity contribution in [3.8, 4) is 0 Å². The molecule has 1 aliphatic heterocycles. The zero-order valence-electron chi connectivity index (χ0n) is 13.3. The van der Waals surface area contributed by atoms with Gasteiger partial charge in [-0.2, -0.15) is 0 Å². The minimum atomic E-state index is -1.14. The van der Waals surface area contributed by atoms with Crippen LogP contribution in [0.2, 0.25) is 0 Å². The first-order valence-electron chi connectivity index (χ1n) is 7.53. The Morgan fingerprint density at radius 1 is 1.29 bits per heavy atom. The molecule has 2 atom stereocenters. The van der Waals surface area contributed by atoms with Crippen molar-refractivity contribution in [2.75, 3.05) is 11.9 Å². The topological polar surface area (TPSA) is 75.7 Å². The van der Waals surface area contributed by atoms with Crippen LogP contribution in [0.3, 0.4) is 0 Å². The molecule has 130 valence electrons. The summed E-state index contributed by atoms with van der Waals surface area (Å²) in [6, 6.07) is 2.21. The molecule has 1 aromatic rings. The Kier molecular flexibility index (Phi) is 5.48. The first-order valence-corrected chi connectivity index (χ1v) is 7.53. The van der Waals surface area contributed by atoms with Gasteiger partial charge in [0.1, 0.15) is 6.04 Å². The lowest BCUT2D eigenvalue weighted by molar-refractivity contribution is -0.159. The number of carbonyl (C=O) groups is 3. The number of esters is 1. The van der Waals surface area contributed by atoms with Gasteiger partial charge in [0.05, 0.1) is 0 Å². The highest BCUT2D eigenvalue weighted by Crippen LogP contribution is 2.19. The van der Waals surface area contributed by atoms with E-state index in [1.807, 2.05) is 0 Å². The van der Waals surface area contributed by atoms with Crippen molar-refractivity contribution in [3.63, 3.8) is 0 Å². The molecule has 0 aromatic heterocycles. The minimum Gasteiger partial charge on any atom is -0.451 e. The molecule has 2 amide bonds. The lowest BCUT2D eigenvalue weighted by Crippen LogP contribution is -2.42. The molecule has 1 aliphatic rings. The standard InChI is InChI=1S/C16H18F2N2O4/c1-9(15(22)19-11-5-6-12(17)13(18)8-11)24-16(23)14-4-3-7-20(14)10(2)21/h5-6,8-9,14H,3-4,7H2,1-2H3,(H,19,22)/t9-,14+/m0/s1. The average Bonchev–Trinajstić information content (AvgIpc) is 3.00. The molecular formula is C16H18F2N2O4. The molecule has 0 spiro atoms. The number of hydrogen-bond acceptors (Lipinski definition) is 4. The molecule has 8 heteroatoms. The van der Waals surface area contributed by atoms with Gasteiger partial charge in [-0.1, -0.05) is 0 Å². The van der Waals surface area contributed by atoms with Gasteiger partial charge in [0.25, 0.3) is 5.91 Å². The first kappa shape index (κ1) is 17.8. The zero-order valence-corrected chi connectivity index (χ0v) is 13.3. The van der Waals surface area contributed by atoms with Gasteiger partial charge in [0.15, 0.2) is 17.7 Å². The maximum Gasteiger partial charge on any atom is 0.329 e. The molecule has 6 nitrogen and oxygen atoms in total. The molecule has 1 fully saturated rings. The Balaban J connectivity index is 1.94. The largest absolute Gasteiger partial charge is 0.451 e. The Hall–Kier alpha value is -2.51. The normalized spacial score (nSPS) is 18.2. The molecule has 1 N–H and O–H groups in total. The average molecular weight is 340 g/mol. The Morgan fingerprint density at radius 2 is 2.00 bits per heavy atom. The van der Waals surface area contributed by atoms with Crippen LogP contribution >= 0.6 is 0 Å². The molecule has 0 saturated carbocycles. The van der Waals surface area contributed by atoms with Crippen molar-refractivity contribution < 1.29 is 27.9 Å². The van der Waals surface area contributed by atoms with Gasteiger partial charge in [0, 0.05) is 25.2 Å². The predicted molar refractivity (Wildman–Crippen MR) is 81.0 cm³/mol. The first-order chi connectivity index (χ1) is 11.3. The summed E-state index contributed by atoms with van der Waals surface area (Å²) in [5.41, 5.74) is 0.0491. The molecule has 1 saturated heterocycles. The van der Waals surface area contributed by atoms with E-state index in [2.05, 4.69) is 5.32 Å². The molecule has 24 heavy (non-hydrogen) atoms. The fourth-order valence-electron chi connectivity index (χ4n) is 2.51. The highest BCUT2D eigenvalue weighted by molar-refractivity contribution is 5.95. The van der Waals surface area contributed by atoms with Gasteiger partial charge in [-0.05, 0) is 31.9 Å². The zero-order chi connectivity index (χ0) is 17.9. The van der Waals surface area contributed by atoms with Crippen molar-refractivity contribution in [1.29, 1.82) is 0 Å². The fourth-order valence-corrected chi connectivity index (χ4v) is 2.51. The summed E-state index contributed by atoms with van der Waals surface area (Å²) in [4.78, 5) is 37.0. The van der Waals surface area contributed by atoms with Crippen LogP contribution in [0.5, 0.6) is 0 Å². The van der Waals surface area contributed by atoms with Crippen LogP contribution in [-0.2, 0) is 19.1 Å². The summed E-state index contributed by atoms with van der Waals surface area (Å²) in [5, 5.41) is 2.34.